The molecule has 0 aliphatic heterocycles. The molecule has 0 aromatic heterocycles. The number of hydrogen-bond donors (Lipinski definition) is 2. The van der Waals surface area contributed by atoms with Crippen LogP contribution >= 0.6 is 0 Å². The van der Waals surface area contributed by atoms with E-state index in [0.717, 1.165) is 34.2 Å². The fraction of sp³-hybridized carbons (Fsp3) is 0.419. The first kappa shape index (κ1) is 36.7. The Bertz CT molecular complexity index is 1660. The first-order valence-electron chi connectivity index (χ1n) is 17.1. The summed E-state index contributed by atoms with van der Waals surface area (Å²) in [5.74, 6) is 1.52. The first-order valence-corrected chi connectivity index (χ1v) is 17.1. The number of rotatable bonds is 11. The third-order valence-corrected chi connectivity index (χ3v) is 9.56. The van der Waals surface area contributed by atoms with Crippen molar-refractivity contribution in [3.8, 4) is 17.2 Å². The molecule has 0 saturated carbocycles. The number of hydrogen-bond acceptors (Lipinski definition) is 5. The van der Waals surface area contributed by atoms with Crippen LogP contribution in [0.15, 0.2) is 83.9 Å². The Balaban J connectivity index is 2.12. The summed E-state index contributed by atoms with van der Waals surface area (Å²) in [6, 6.07) is 25.5. The molecule has 2 atom stereocenters. The number of aliphatic hydroxyl groups is 1. The van der Waals surface area contributed by atoms with Crippen LogP contribution in [0.4, 0.5) is 0 Å². The Morgan fingerprint density at radius 1 is 0.771 bits per heavy atom. The quantitative estimate of drug-likeness (QED) is 0.159. The molecule has 0 fully saturated rings. The number of nitrogens with zero attached hydrogens (tertiary/aromatic N) is 1. The minimum Gasteiger partial charge on any atom is -0.507 e. The Morgan fingerprint density at radius 2 is 1.29 bits per heavy atom. The van der Waals surface area contributed by atoms with Gasteiger partial charge in [-0.1, -0.05) is 104 Å². The molecule has 5 nitrogen and oxygen atoms in total. The summed E-state index contributed by atoms with van der Waals surface area (Å²) in [5, 5.41) is 25.2. The largest absolute Gasteiger partial charge is 0.507 e. The second-order valence-electron chi connectivity index (χ2n) is 15.2. The van der Waals surface area contributed by atoms with Crippen LogP contribution in [0.5, 0.6) is 17.2 Å². The highest BCUT2D eigenvalue weighted by Crippen LogP contribution is 2.47. The zero-order chi connectivity index (χ0) is 35.4. The predicted octanol–water partition coefficient (Wildman–Crippen LogP) is 9.79. The lowest BCUT2D eigenvalue weighted by atomic mass is 9.73. The molecule has 2 unspecified atom stereocenters. The van der Waals surface area contributed by atoms with Crippen LogP contribution in [-0.2, 0) is 22.9 Å². The number of aromatic hydroxyl groups is 1. The molecule has 0 aliphatic carbocycles. The fourth-order valence-corrected chi connectivity index (χ4v) is 6.29. The number of ether oxygens (including phenoxy) is 2. The Labute approximate surface area is 288 Å². The van der Waals surface area contributed by atoms with Crippen molar-refractivity contribution in [3.05, 3.63) is 123 Å². The lowest BCUT2D eigenvalue weighted by Gasteiger charge is -2.38. The van der Waals surface area contributed by atoms with Crippen molar-refractivity contribution in [2.24, 2.45) is 4.99 Å². The number of aryl methyl sites for hydroxylation is 1. The van der Waals surface area contributed by atoms with Gasteiger partial charge < -0.3 is 19.7 Å². The van der Waals surface area contributed by atoms with Gasteiger partial charge in [-0.3, -0.25) is 4.99 Å². The zero-order valence-corrected chi connectivity index (χ0v) is 30.8. The van der Waals surface area contributed by atoms with Gasteiger partial charge in [0.05, 0.1) is 20.3 Å². The van der Waals surface area contributed by atoms with Gasteiger partial charge in [0.15, 0.2) is 0 Å². The summed E-state index contributed by atoms with van der Waals surface area (Å²) in [4.78, 5) is 5.23. The molecule has 0 radical (unpaired) electrons. The minimum atomic E-state index is -1.72. The normalized spacial score (nSPS) is 13.8. The van der Waals surface area contributed by atoms with Crippen molar-refractivity contribution < 1.29 is 19.7 Å². The van der Waals surface area contributed by atoms with Gasteiger partial charge >= 0.3 is 0 Å². The van der Waals surface area contributed by atoms with E-state index >= 15 is 0 Å². The van der Waals surface area contributed by atoms with Gasteiger partial charge in [-0.2, -0.15) is 0 Å². The zero-order valence-electron chi connectivity index (χ0n) is 30.8. The third-order valence-electron chi connectivity index (χ3n) is 9.56. The van der Waals surface area contributed by atoms with Crippen molar-refractivity contribution in [3.63, 3.8) is 0 Å². The van der Waals surface area contributed by atoms with Crippen molar-refractivity contribution in [1.29, 1.82) is 0 Å². The van der Waals surface area contributed by atoms with Crippen molar-refractivity contribution >= 4 is 6.21 Å². The molecule has 4 aromatic rings. The third kappa shape index (κ3) is 7.79. The van der Waals surface area contributed by atoms with Gasteiger partial charge in [0.2, 0.25) is 0 Å². The van der Waals surface area contributed by atoms with Gasteiger partial charge in [-0.25, -0.2) is 0 Å². The molecule has 2 N–H and O–H groups in total. The summed E-state index contributed by atoms with van der Waals surface area (Å²) >= 11 is 0. The topological polar surface area (TPSA) is 71.3 Å². The summed E-state index contributed by atoms with van der Waals surface area (Å²) in [7, 11) is 3.27. The Kier molecular flexibility index (Phi) is 11.2. The highest BCUT2D eigenvalue weighted by molar-refractivity contribution is 5.85. The summed E-state index contributed by atoms with van der Waals surface area (Å²) < 4.78 is 12.0. The van der Waals surface area contributed by atoms with Gasteiger partial charge in [0, 0.05) is 22.9 Å². The molecular weight excluding hydrogens is 594 g/mol. The average Bonchev–Trinajstić information content (AvgIpc) is 3.06. The van der Waals surface area contributed by atoms with Crippen LogP contribution in [0.1, 0.15) is 112 Å². The molecule has 4 rings (SSSR count). The molecule has 0 bridgehead atoms. The van der Waals surface area contributed by atoms with Gasteiger partial charge in [-0.15, -0.1) is 0 Å². The second-order valence-corrected chi connectivity index (χ2v) is 15.2. The lowest BCUT2D eigenvalue weighted by molar-refractivity contribution is 0.0475. The Morgan fingerprint density at radius 3 is 1.75 bits per heavy atom. The van der Waals surface area contributed by atoms with Crippen LogP contribution in [-0.4, -0.2) is 36.7 Å². The molecule has 5 heteroatoms. The number of aliphatic imine (C=N–C) groups is 1. The lowest BCUT2D eigenvalue weighted by Crippen LogP contribution is -2.42. The summed E-state index contributed by atoms with van der Waals surface area (Å²) in [6.45, 7) is 19.2. The summed E-state index contributed by atoms with van der Waals surface area (Å²) in [6.07, 6.45) is 3.04. The minimum absolute atomic E-state index is 0.183. The number of methoxy groups -OCH3 is 2. The van der Waals surface area contributed by atoms with Gasteiger partial charge in [0.1, 0.15) is 22.8 Å². The van der Waals surface area contributed by atoms with E-state index in [0.29, 0.717) is 34.6 Å². The molecular formula is C43H55NO4. The molecule has 48 heavy (non-hydrogen) atoms. The van der Waals surface area contributed by atoms with Crippen LogP contribution < -0.4 is 9.47 Å². The maximum Gasteiger partial charge on any atom is 0.144 e. The van der Waals surface area contributed by atoms with E-state index < -0.39 is 11.6 Å². The highest BCUT2D eigenvalue weighted by Gasteiger charge is 2.45. The van der Waals surface area contributed by atoms with E-state index in [2.05, 4.69) is 91.8 Å². The molecule has 256 valence electrons. The van der Waals surface area contributed by atoms with E-state index in [9.17, 15) is 10.2 Å². The number of benzene rings is 4. The highest BCUT2D eigenvalue weighted by atomic mass is 16.5. The Hall–Kier alpha value is -4.09. The van der Waals surface area contributed by atoms with E-state index in [-0.39, 0.29) is 22.5 Å². The van der Waals surface area contributed by atoms with Gasteiger partial charge in [0.25, 0.3) is 0 Å². The fourth-order valence-electron chi connectivity index (χ4n) is 6.29. The molecule has 4 aromatic carbocycles. The van der Waals surface area contributed by atoms with E-state index in [1.165, 1.54) is 0 Å². The molecule has 0 heterocycles. The molecule has 0 aliphatic rings. The van der Waals surface area contributed by atoms with Crippen molar-refractivity contribution in [1.82, 2.24) is 0 Å². The maximum absolute atomic E-state index is 13.7. The number of phenols is 1. The molecule has 0 amide bonds. The maximum atomic E-state index is 13.7. The SMILES string of the molecule is CCC(C)c1cc(C)cc(C=NC(Cc2ccccc2)C(O)(c2cc(C(C)(C)C)ccc2OC)c2cc(C(C)(C)C)ccc2OC)c1O. The summed E-state index contributed by atoms with van der Waals surface area (Å²) in [5.41, 5.74) is 4.78. The van der Waals surface area contributed by atoms with Crippen molar-refractivity contribution in [2.45, 2.75) is 104 Å². The van der Waals surface area contributed by atoms with Crippen LogP contribution in [0.3, 0.4) is 0 Å². The van der Waals surface area contributed by atoms with Crippen LogP contribution in [0.2, 0.25) is 0 Å². The number of phenolic OH excluding ortho intramolecular Hbond substituents is 1. The first-order chi connectivity index (χ1) is 22.5. The standard InChI is InChI=1S/C43H55NO4/c1-12-29(3)34-23-28(2)22-31(40(34)45)27-44-39(24-30-16-14-13-15-17-30)43(46,35-25-32(41(4,5)6)18-20-37(35)47-10)36-26-33(42(7,8)9)19-21-38(36)48-11/h13-23,25-27,29,39,45-46H,12,24H2,1-11H3. The van der Waals surface area contributed by atoms with Crippen LogP contribution in [0, 0.1) is 6.92 Å². The van der Waals surface area contributed by atoms with Gasteiger partial charge in [-0.05, 0) is 94.7 Å². The molecule has 0 spiro atoms. The van der Waals surface area contributed by atoms with E-state index in [1.807, 2.05) is 49.4 Å². The molecule has 0 saturated heterocycles. The van der Waals surface area contributed by atoms with E-state index in [4.69, 9.17) is 14.5 Å². The van der Waals surface area contributed by atoms with Crippen LogP contribution in [0.25, 0.3) is 0 Å². The second kappa shape index (κ2) is 14.6. The van der Waals surface area contributed by atoms with Crippen molar-refractivity contribution in [2.75, 3.05) is 14.2 Å². The average molecular weight is 650 g/mol. The van der Waals surface area contributed by atoms with E-state index in [1.54, 1.807) is 20.4 Å². The smallest absolute Gasteiger partial charge is 0.144 e. The predicted molar refractivity (Wildman–Crippen MR) is 199 cm³/mol. The monoisotopic (exact) mass is 649 g/mol.